The van der Waals surface area contributed by atoms with Gasteiger partial charge in [0, 0.05) is 5.02 Å². The zero-order valence-corrected chi connectivity index (χ0v) is 15.3. The number of hydrogen-bond donors (Lipinski definition) is 2. The van der Waals surface area contributed by atoms with E-state index in [4.69, 9.17) is 11.6 Å². The van der Waals surface area contributed by atoms with Gasteiger partial charge in [-0.15, -0.1) is 5.10 Å². The highest BCUT2D eigenvalue weighted by atomic mass is 35.5. The smallest absolute Gasteiger partial charge is 0.292 e. The largest absolute Gasteiger partial charge is 0.360 e. The summed E-state index contributed by atoms with van der Waals surface area (Å²) < 4.78 is 1.57. The van der Waals surface area contributed by atoms with Crippen molar-refractivity contribution >= 4 is 28.5 Å². The molecule has 0 saturated heterocycles. The summed E-state index contributed by atoms with van der Waals surface area (Å²) in [6.07, 6.45) is 0. The lowest BCUT2D eigenvalue weighted by Crippen LogP contribution is -2.17. The SMILES string of the molecule is C[C@@H](Nc1n[nH]c(=O)c2c1nnn2Cc1ccc(Cl)cc1)c1ccccc1. The van der Waals surface area contributed by atoms with Gasteiger partial charge in [0.2, 0.25) is 0 Å². The van der Waals surface area contributed by atoms with Gasteiger partial charge in [0.25, 0.3) is 5.56 Å². The van der Waals surface area contributed by atoms with Crippen molar-refractivity contribution in [1.29, 1.82) is 0 Å². The Bertz CT molecular complexity index is 1120. The maximum absolute atomic E-state index is 12.3. The number of nitrogens with one attached hydrogen (secondary N) is 2. The van der Waals surface area contributed by atoms with Crippen LogP contribution < -0.4 is 10.9 Å². The van der Waals surface area contributed by atoms with Crippen LogP contribution in [-0.2, 0) is 6.54 Å². The Hall–Kier alpha value is -3.19. The average Bonchev–Trinajstić information content (AvgIpc) is 3.11. The Labute approximate surface area is 160 Å². The molecule has 0 bridgehead atoms. The summed E-state index contributed by atoms with van der Waals surface area (Å²) >= 11 is 5.93. The second kappa shape index (κ2) is 7.20. The number of nitrogens with zero attached hydrogens (tertiary/aromatic N) is 4. The van der Waals surface area contributed by atoms with Gasteiger partial charge in [-0.3, -0.25) is 4.79 Å². The molecule has 2 N–H and O–H groups in total. The lowest BCUT2D eigenvalue weighted by molar-refractivity contribution is 0.667. The van der Waals surface area contributed by atoms with Gasteiger partial charge in [0.05, 0.1) is 12.6 Å². The van der Waals surface area contributed by atoms with E-state index in [-0.39, 0.29) is 11.6 Å². The Morgan fingerprint density at radius 3 is 2.63 bits per heavy atom. The predicted octanol–water partition coefficient (Wildman–Crippen LogP) is 3.39. The van der Waals surface area contributed by atoms with Crippen molar-refractivity contribution in [1.82, 2.24) is 25.2 Å². The van der Waals surface area contributed by atoms with Crippen LogP contribution in [0, 0.1) is 0 Å². The summed E-state index contributed by atoms with van der Waals surface area (Å²) in [6, 6.07) is 17.4. The highest BCUT2D eigenvalue weighted by molar-refractivity contribution is 6.30. The van der Waals surface area contributed by atoms with Crippen LogP contribution in [0.25, 0.3) is 11.0 Å². The maximum atomic E-state index is 12.3. The summed E-state index contributed by atoms with van der Waals surface area (Å²) in [7, 11) is 0. The second-order valence-corrected chi connectivity index (χ2v) is 6.69. The molecule has 8 heteroatoms. The predicted molar refractivity (Wildman–Crippen MR) is 105 cm³/mol. The quantitative estimate of drug-likeness (QED) is 0.554. The average molecular weight is 381 g/mol. The van der Waals surface area contributed by atoms with Crippen LogP contribution >= 0.6 is 11.6 Å². The third-order valence-corrected chi connectivity index (χ3v) is 4.59. The molecule has 136 valence electrons. The van der Waals surface area contributed by atoms with Crippen LogP contribution in [0.5, 0.6) is 0 Å². The van der Waals surface area contributed by atoms with E-state index in [1.165, 1.54) is 0 Å². The van der Waals surface area contributed by atoms with Gasteiger partial charge < -0.3 is 5.32 Å². The first kappa shape index (κ1) is 17.2. The van der Waals surface area contributed by atoms with E-state index in [2.05, 4.69) is 25.8 Å². The number of aromatic amines is 1. The first-order valence-electron chi connectivity index (χ1n) is 8.49. The molecule has 0 aliphatic heterocycles. The normalized spacial score (nSPS) is 12.2. The lowest BCUT2D eigenvalue weighted by Gasteiger charge is -2.14. The molecule has 27 heavy (non-hydrogen) atoms. The van der Waals surface area contributed by atoms with Crippen molar-refractivity contribution in [3.05, 3.63) is 81.1 Å². The van der Waals surface area contributed by atoms with Crippen molar-refractivity contribution in [3.63, 3.8) is 0 Å². The molecule has 0 fully saturated rings. The Morgan fingerprint density at radius 1 is 1.15 bits per heavy atom. The molecule has 0 aliphatic carbocycles. The highest BCUT2D eigenvalue weighted by Gasteiger charge is 2.16. The van der Waals surface area contributed by atoms with Gasteiger partial charge in [-0.1, -0.05) is 59.3 Å². The van der Waals surface area contributed by atoms with Gasteiger partial charge >= 0.3 is 0 Å². The topological polar surface area (TPSA) is 88.5 Å². The van der Waals surface area contributed by atoms with E-state index in [1.54, 1.807) is 16.8 Å². The van der Waals surface area contributed by atoms with E-state index >= 15 is 0 Å². The van der Waals surface area contributed by atoms with E-state index in [0.29, 0.717) is 28.4 Å². The fourth-order valence-corrected chi connectivity index (χ4v) is 3.04. The Morgan fingerprint density at radius 2 is 1.89 bits per heavy atom. The summed E-state index contributed by atoms with van der Waals surface area (Å²) in [5.74, 6) is 0.489. The minimum absolute atomic E-state index is 0.00535. The number of hydrogen-bond acceptors (Lipinski definition) is 5. The number of aromatic nitrogens is 5. The van der Waals surface area contributed by atoms with Crippen molar-refractivity contribution in [2.45, 2.75) is 19.5 Å². The van der Waals surface area contributed by atoms with Gasteiger partial charge in [0.15, 0.2) is 16.9 Å². The van der Waals surface area contributed by atoms with Gasteiger partial charge in [-0.05, 0) is 30.2 Å². The Balaban J connectivity index is 1.68. The highest BCUT2D eigenvalue weighted by Crippen LogP contribution is 2.22. The summed E-state index contributed by atoms with van der Waals surface area (Å²) in [4.78, 5) is 12.3. The van der Waals surface area contributed by atoms with Crippen molar-refractivity contribution in [2.75, 3.05) is 5.32 Å². The van der Waals surface area contributed by atoms with Crippen molar-refractivity contribution < 1.29 is 0 Å². The number of rotatable bonds is 5. The van der Waals surface area contributed by atoms with Crippen LogP contribution in [0.3, 0.4) is 0 Å². The first-order chi connectivity index (χ1) is 13.1. The third-order valence-electron chi connectivity index (χ3n) is 4.34. The zero-order chi connectivity index (χ0) is 18.8. The van der Waals surface area contributed by atoms with Crippen LogP contribution in [-0.4, -0.2) is 25.2 Å². The van der Waals surface area contributed by atoms with E-state index < -0.39 is 0 Å². The number of fused-ring (bicyclic) bond motifs is 1. The fourth-order valence-electron chi connectivity index (χ4n) is 2.91. The standard InChI is InChI=1S/C19H17ClN6O/c1-12(14-5-3-2-4-6-14)21-18-16-17(19(27)24-23-18)26(25-22-16)11-13-7-9-15(20)10-8-13/h2-10,12H,11H2,1H3,(H,21,23)(H,24,27)/t12-/m1/s1. The lowest BCUT2D eigenvalue weighted by atomic mass is 10.1. The molecule has 7 nitrogen and oxygen atoms in total. The number of benzene rings is 2. The van der Waals surface area contributed by atoms with Crippen LogP contribution in [0.15, 0.2) is 59.4 Å². The third kappa shape index (κ3) is 3.54. The molecule has 0 radical (unpaired) electrons. The molecule has 2 aromatic heterocycles. The van der Waals surface area contributed by atoms with Crippen LogP contribution in [0.2, 0.25) is 5.02 Å². The van der Waals surface area contributed by atoms with E-state index in [9.17, 15) is 4.79 Å². The zero-order valence-electron chi connectivity index (χ0n) is 14.6. The fraction of sp³-hybridized carbons (Fsp3) is 0.158. The van der Waals surface area contributed by atoms with Crippen molar-refractivity contribution in [3.8, 4) is 0 Å². The minimum atomic E-state index is -0.332. The van der Waals surface area contributed by atoms with Gasteiger partial charge in [-0.2, -0.15) is 5.10 Å². The Kier molecular flexibility index (Phi) is 4.60. The second-order valence-electron chi connectivity index (χ2n) is 6.25. The molecular weight excluding hydrogens is 364 g/mol. The van der Waals surface area contributed by atoms with E-state index in [0.717, 1.165) is 11.1 Å². The molecule has 1 atom stereocenters. The van der Waals surface area contributed by atoms with Gasteiger partial charge in [-0.25, -0.2) is 9.78 Å². The molecule has 2 aromatic carbocycles. The number of halogens is 1. The molecule has 4 aromatic rings. The first-order valence-corrected chi connectivity index (χ1v) is 8.87. The van der Waals surface area contributed by atoms with Crippen LogP contribution in [0.1, 0.15) is 24.1 Å². The molecule has 0 amide bonds. The summed E-state index contributed by atoms with van der Waals surface area (Å²) in [6.45, 7) is 2.43. The molecule has 0 saturated carbocycles. The summed E-state index contributed by atoms with van der Waals surface area (Å²) in [5.41, 5.74) is 2.56. The minimum Gasteiger partial charge on any atom is -0.360 e. The van der Waals surface area contributed by atoms with E-state index in [1.807, 2.05) is 49.4 Å². The summed E-state index contributed by atoms with van der Waals surface area (Å²) in [5, 5.41) is 18.9. The number of H-pyrrole nitrogens is 1. The number of anilines is 1. The molecular formula is C19H17ClN6O. The monoisotopic (exact) mass is 380 g/mol. The van der Waals surface area contributed by atoms with Gasteiger partial charge in [0.1, 0.15) is 0 Å². The van der Waals surface area contributed by atoms with Crippen LogP contribution in [0.4, 0.5) is 5.82 Å². The molecule has 2 heterocycles. The maximum Gasteiger partial charge on any atom is 0.292 e. The molecule has 0 spiro atoms. The van der Waals surface area contributed by atoms with Crippen molar-refractivity contribution in [2.24, 2.45) is 0 Å². The molecule has 4 rings (SSSR count). The molecule has 0 unspecified atom stereocenters. The molecule has 0 aliphatic rings.